The van der Waals surface area contributed by atoms with E-state index in [2.05, 4.69) is 65.2 Å². The van der Waals surface area contributed by atoms with Crippen LogP contribution in [0, 0.1) is 0 Å². The molecule has 228 valence electrons. The number of hydrogen-bond acceptors (Lipinski definition) is 8. The van der Waals surface area contributed by atoms with Crippen LogP contribution in [0.3, 0.4) is 0 Å². The second-order valence-electron chi connectivity index (χ2n) is 12.0. The Bertz CT molecular complexity index is 1540. The summed E-state index contributed by atoms with van der Waals surface area (Å²) in [7, 11) is 0. The molecule has 0 radical (unpaired) electrons. The van der Waals surface area contributed by atoms with Crippen molar-refractivity contribution in [3.8, 4) is 5.95 Å². The molecule has 9 nitrogen and oxygen atoms in total. The van der Waals surface area contributed by atoms with Crippen LogP contribution in [0.1, 0.15) is 62.9 Å². The Kier molecular flexibility index (Phi) is 8.54. The summed E-state index contributed by atoms with van der Waals surface area (Å²) in [6.45, 7) is 12.1. The van der Waals surface area contributed by atoms with E-state index in [1.54, 1.807) is 24.3 Å². The van der Waals surface area contributed by atoms with Crippen LogP contribution >= 0.6 is 0 Å². The number of anilines is 2. The first-order chi connectivity index (χ1) is 20.8. The molecule has 0 aliphatic carbocycles. The second kappa shape index (κ2) is 12.5. The molecule has 43 heavy (non-hydrogen) atoms. The van der Waals surface area contributed by atoms with Gasteiger partial charge in [-0.2, -0.15) is 15.0 Å². The van der Waals surface area contributed by atoms with Crippen LogP contribution in [0.5, 0.6) is 0 Å². The quantitative estimate of drug-likeness (QED) is 0.269. The summed E-state index contributed by atoms with van der Waals surface area (Å²) < 4.78 is 35.4. The minimum absolute atomic E-state index is 0.113. The minimum Gasteiger partial charge on any atom is -0.378 e. The molecule has 6 rings (SSSR count). The molecule has 2 aromatic heterocycles. The summed E-state index contributed by atoms with van der Waals surface area (Å²) in [4.78, 5) is 22.9. The predicted molar refractivity (Wildman–Crippen MR) is 164 cm³/mol. The van der Waals surface area contributed by atoms with Crippen molar-refractivity contribution >= 4 is 22.9 Å². The van der Waals surface area contributed by atoms with Gasteiger partial charge in [-0.25, -0.2) is 13.8 Å². The lowest BCUT2D eigenvalue weighted by molar-refractivity contribution is 0.122. The fourth-order valence-corrected chi connectivity index (χ4v) is 6.29. The first-order valence-corrected chi connectivity index (χ1v) is 15.2. The van der Waals surface area contributed by atoms with Crippen LogP contribution in [0.25, 0.3) is 17.0 Å². The van der Waals surface area contributed by atoms with Crippen LogP contribution in [-0.4, -0.2) is 80.9 Å². The second-order valence-corrected chi connectivity index (χ2v) is 12.0. The lowest BCUT2D eigenvalue weighted by atomic mass is 9.83. The standard InChI is InChI=1S/C32H40F2N8O/c1-4-40-15-13-22(14-16-40)24-10-6-5-9-23(24)21-32(2,3)39-29-36-30(41-17-19-43-20-18-41)38-31(37-29)42-26-12-8-7-11-25(26)35-28(42)27(33)34/h5-12,22,27H,4,13-21H2,1-3H3,(H,36,37,38,39). The highest BCUT2D eigenvalue weighted by molar-refractivity contribution is 5.77. The van der Waals surface area contributed by atoms with Gasteiger partial charge in [-0.3, -0.25) is 4.57 Å². The molecular weight excluding hydrogens is 550 g/mol. The van der Waals surface area contributed by atoms with Crippen molar-refractivity contribution in [1.82, 2.24) is 29.4 Å². The van der Waals surface area contributed by atoms with E-state index < -0.39 is 17.8 Å². The van der Waals surface area contributed by atoms with E-state index in [-0.39, 0.29) is 5.95 Å². The molecule has 11 heteroatoms. The van der Waals surface area contributed by atoms with Gasteiger partial charge < -0.3 is 19.9 Å². The van der Waals surface area contributed by atoms with Crippen molar-refractivity contribution in [2.45, 2.75) is 57.9 Å². The summed E-state index contributed by atoms with van der Waals surface area (Å²) in [5.74, 6) is 1.01. The molecule has 0 saturated carbocycles. The van der Waals surface area contributed by atoms with Crippen molar-refractivity contribution < 1.29 is 13.5 Å². The largest absolute Gasteiger partial charge is 0.378 e. The Hall–Kier alpha value is -3.70. The summed E-state index contributed by atoms with van der Waals surface area (Å²) >= 11 is 0. The van der Waals surface area contributed by atoms with Gasteiger partial charge in [-0.1, -0.05) is 43.3 Å². The van der Waals surface area contributed by atoms with Crippen molar-refractivity contribution in [2.75, 3.05) is 56.2 Å². The molecule has 0 unspecified atom stereocenters. The van der Waals surface area contributed by atoms with Crippen LogP contribution in [0.15, 0.2) is 48.5 Å². The lowest BCUT2D eigenvalue weighted by Gasteiger charge is -2.34. The van der Waals surface area contributed by atoms with Gasteiger partial charge >= 0.3 is 0 Å². The van der Waals surface area contributed by atoms with Crippen LogP contribution in [-0.2, 0) is 11.2 Å². The number of rotatable bonds is 9. The topological polar surface area (TPSA) is 84.2 Å². The van der Waals surface area contributed by atoms with E-state index in [4.69, 9.17) is 14.7 Å². The van der Waals surface area contributed by atoms with E-state index in [0.717, 1.165) is 38.9 Å². The third-order valence-corrected chi connectivity index (χ3v) is 8.50. The SMILES string of the molecule is CCN1CCC(c2ccccc2CC(C)(C)Nc2nc(N3CCOCC3)nc(-n3c(C(F)F)nc4ccccc43)n2)CC1. The van der Waals surface area contributed by atoms with E-state index in [9.17, 15) is 8.78 Å². The molecule has 4 aromatic rings. The summed E-state index contributed by atoms with van der Waals surface area (Å²) in [6.07, 6.45) is 0.263. The number of halogens is 2. The number of nitrogens with one attached hydrogen (secondary N) is 1. The highest BCUT2D eigenvalue weighted by Crippen LogP contribution is 2.33. The van der Waals surface area contributed by atoms with Gasteiger partial charge in [0.1, 0.15) is 0 Å². The fraction of sp³-hybridized carbons (Fsp3) is 0.500. The lowest BCUT2D eigenvalue weighted by Crippen LogP contribution is -2.39. The van der Waals surface area contributed by atoms with Gasteiger partial charge in [-0.15, -0.1) is 0 Å². The van der Waals surface area contributed by atoms with Gasteiger partial charge in [0.05, 0.1) is 24.2 Å². The number of hydrogen-bond donors (Lipinski definition) is 1. The highest BCUT2D eigenvalue weighted by atomic mass is 19.3. The number of aromatic nitrogens is 5. The number of ether oxygens (including phenoxy) is 1. The molecule has 0 atom stereocenters. The smallest absolute Gasteiger partial charge is 0.296 e. The number of piperidine rings is 1. The summed E-state index contributed by atoms with van der Waals surface area (Å²) in [5, 5.41) is 3.54. The molecule has 0 bridgehead atoms. The average Bonchev–Trinajstić information content (AvgIpc) is 3.42. The number of morpholine rings is 1. The van der Waals surface area contributed by atoms with E-state index in [1.807, 2.05) is 4.90 Å². The number of imidazole rings is 1. The Labute approximate surface area is 251 Å². The normalized spacial score (nSPS) is 17.2. The average molecular weight is 591 g/mol. The predicted octanol–water partition coefficient (Wildman–Crippen LogP) is 5.62. The maximum absolute atomic E-state index is 14.3. The molecule has 2 fully saturated rings. The maximum Gasteiger partial charge on any atom is 0.296 e. The molecule has 4 heterocycles. The van der Waals surface area contributed by atoms with Gasteiger partial charge in [0, 0.05) is 18.6 Å². The molecule has 2 saturated heterocycles. The van der Waals surface area contributed by atoms with Crippen molar-refractivity contribution in [2.24, 2.45) is 0 Å². The van der Waals surface area contributed by atoms with Gasteiger partial charge in [0.2, 0.25) is 17.8 Å². The van der Waals surface area contributed by atoms with E-state index >= 15 is 0 Å². The van der Waals surface area contributed by atoms with Crippen LogP contribution < -0.4 is 10.2 Å². The number of likely N-dealkylation sites (tertiary alicyclic amines) is 1. The Morgan fingerprint density at radius 1 is 0.907 bits per heavy atom. The Balaban J connectivity index is 1.34. The highest BCUT2D eigenvalue weighted by Gasteiger charge is 2.28. The zero-order valence-electron chi connectivity index (χ0n) is 25.1. The zero-order chi connectivity index (χ0) is 30.0. The summed E-state index contributed by atoms with van der Waals surface area (Å²) in [5.41, 5.74) is 3.25. The van der Waals surface area contributed by atoms with Gasteiger partial charge in [0.15, 0.2) is 5.82 Å². The molecule has 2 aliphatic rings. The minimum atomic E-state index is -2.80. The van der Waals surface area contributed by atoms with E-state index in [1.165, 1.54) is 15.7 Å². The fourth-order valence-electron chi connectivity index (χ4n) is 6.29. The first-order valence-electron chi connectivity index (χ1n) is 15.2. The molecule has 2 aliphatic heterocycles. The summed E-state index contributed by atoms with van der Waals surface area (Å²) in [6, 6.07) is 15.8. The van der Waals surface area contributed by atoms with Crippen LogP contribution in [0.2, 0.25) is 0 Å². The third-order valence-electron chi connectivity index (χ3n) is 8.50. The van der Waals surface area contributed by atoms with Crippen LogP contribution in [0.4, 0.5) is 20.7 Å². The number of fused-ring (bicyclic) bond motifs is 1. The Morgan fingerprint density at radius 3 is 2.35 bits per heavy atom. The van der Waals surface area contributed by atoms with E-state index in [0.29, 0.717) is 55.2 Å². The van der Waals surface area contributed by atoms with Crippen molar-refractivity contribution in [1.29, 1.82) is 0 Å². The molecule has 2 aromatic carbocycles. The Morgan fingerprint density at radius 2 is 1.60 bits per heavy atom. The van der Waals surface area contributed by atoms with Gasteiger partial charge in [0.25, 0.3) is 6.43 Å². The maximum atomic E-state index is 14.3. The third kappa shape index (κ3) is 6.47. The number of nitrogens with zero attached hydrogens (tertiary/aromatic N) is 7. The number of para-hydroxylation sites is 2. The first kappa shape index (κ1) is 29.4. The molecular formula is C32H40F2N8O. The molecule has 0 spiro atoms. The number of alkyl halides is 2. The van der Waals surface area contributed by atoms with Crippen molar-refractivity contribution in [3.05, 3.63) is 65.5 Å². The zero-order valence-corrected chi connectivity index (χ0v) is 25.1. The molecule has 0 amide bonds. The van der Waals surface area contributed by atoms with Crippen molar-refractivity contribution in [3.63, 3.8) is 0 Å². The number of benzene rings is 2. The van der Waals surface area contributed by atoms with Gasteiger partial charge in [-0.05, 0) is 81.9 Å². The molecule has 1 N–H and O–H groups in total. The monoisotopic (exact) mass is 590 g/mol.